The number of hydrogen-bond donors (Lipinski definition) is 0. The molecule has 1 saturated heterocycles. The predicted octanol–water partition coefficient (Wildman–Crippen LogP) is 2.57. The Labute approximate surface area is 167 Å². The molecule has 3 heterocycles. The van der Waals surface area contributed by atoms with Crippen molar-refractivity contribution in [1.82, 2.24) is 4.90 Å². The number of fused-ring (bicyclic) bond motifs is 1. The molecule has 3 aliphatic rings. The number of thioether (sulfide) groups is 1. The number of amidine groups is 1. The number of ether oxygens (including phenoxy) is 2. The van der Waals surface area contributed by atoms with E-state index in [0.717, 1.165) is 35.1 Å². The van der Waals surface area contributed by atoms with Crippen molar-refractivity contribution in [2.24, 2.45) is 9.98 Å². The molecule has 0 aliphatic carbocycles. The summed E-state index contributed by atoms with van der Waals surface area (Å²) in [5.41, 5.74) is 2.30. The Morgan fingerprint density at radius 2 is 2.04 bits per heavy atom. The van der Waals surface area contributed by atoms with Gasteiger partial charge in [-0.05, 0) is 30.7 Å². The van der Waals surface area contributed by atoms with E-state index >= 15 is 0 Å². The molecular weight excluding hydrogens is 376 g/mol. The van der Waals surface area contributed by atoms with Gasteiger partial charge in [-0.15, -0.1) is 0 Å². The molecule has 2 unspecified atom stereocenters. The fourth-order valence-corrected chi connectivity index (χ4v) is 4.38. The lowest BCUT2D eigenvalue weighted by Crippen LogP contribution is -2.43. The largest absolute Gasteiger partial charge is 0.465 e. The zero-order valence-electron chi connectivity index (χ0n) is 15.7. The highest BCUT2D eigenvalue weighted by Crippen LogP contribution is 2.42. The molecule has 2 atom stereocenters. The second kappa shape index (κ2) is 7.41. The van der Waals surface area contributed by atoms with E-state index in [2.05, 4.69) is 11.0 Å². The van der Waals surface area contributed by atoms with Crippen LogP contribution in [0.4, 0.5) is 0 Å². The molecule has 0 spiro atoms. The first kappa shape index (κ1) is 18.7. The molecule has 0 radical (unpaired) electrons. The predicted molar refractivity (Wildman–Crippen MR) is 107 cm³/mol. The molecule has 0 bridgehead atoms. The van der Waals surface area contributed by atoms with Crippen molar-refractivity contribution in [1.29, 1.82) is 5.26 Å². The van der Waals surface area contributed by atoms with Crippen LogP contribution in [-0.4, -0.2) is 59.9 Å². The Bertz CT molecular complexity index is 926. The molecular formula is C20H20N4O3S. The van der Waals surface area contributed by atoms with E-state index in [4.69, 9.17) is 19.5 Å². The van der Waals surface area contributed by atoms with Crippen LogP contribution in [0.3, 0.4) is 0 Å². The van der Waals surface area contributed by atoms with Crippen LogP contribution in [0.1, 0.15) is 29.0 Å². The van der Waals surface area contributed by atoms with E-state index in [1.165, 1.54) is 18.9 Å². The molecule has 0 aromatic heterocycles. The second-order valence-corrected chi connectivity index (χ2v) is 8.29. The smallest absolute Gasteiger partial charge is 0.337 e. The first-order valence-corrected chi connectivity index (χ1v) is 9.85. The van der Waals surface area contributed by atoms with Crippen molar-refractivity contribution in [2.75, 3.05) is 33.4 Å². The summed E-state index contributed by atoms with van der Waals surface area (Å²) in [6, 6.07) is 9.49. The van der Waals surface area contributed by atoms with Crippen LogP contribution in [0.2, 0.25) is 0 Å². The quantitative estimate of drug-likeness (QED) is 0.714. The molecule has 0 saturated carbocycles. The highest BCUT2D eigenvalue weighted by Gasteiger charge is 2.40. The monoisotopic (exact) mass is 396 g/mol. The van der Waals surface area contributed by atoms with E-state index < -0.39 is 10.9 Å². The molecule has 1 aromatic carbocycles. The van der Waals surface area contributed by atoms with Crippen molar-refractivity contribution in [3.8, 4) is 6.07 Å². The fourth-order valence-electron chi connectivity index (χ4n) is 3.34. The third kappa shape index (κ3) is 3.43. The van der Waals surface area contributed by atoms with E-state index in [1.807, 2.05) is 25.1 Å². The number of morpholine rings is 1. The summed E-state index contributed by atoms with van der Waals surface area (Å²) < 4.78 is 9.58. The Hall–Kier alpha value is -2.63. The SMILES string of the molecule is COC(=O)c1ccc(C2N=C3SC(C)(C#N)C=C3C(N3CCOCC3)=N2)cc1. The molecule has 3 aliphatic heterocycles. The lowest BCUT2D eigenvalue weighted by atomic mass is 10.0. The number of methoxy groups -OCH3 is 1. The Morgan fingerprint density at radius 1 is 1.32 bits per heavy atom. The van der Waals surface area contributed by atoms with Crippen molar-refractivity contribution < 1.29 is 14.3 Å². The van der Waals surface area contributed by atoms with Gasteiger partial charge >= 0.3 is 5.97 Å². The van der Waals surface area contributed by atoms with Gasteiger partial charge in [-0.1, -0.05) is 23.9 Å². The van der Waals surface area contributed by atoms with Gasteiger partial charge in [0.05, 0.1) is 32.0 Å². The average Bonchev–Trinajstić information content (AvgIpc) is 3.10. The van der Waals surface area contributed by atoms with Gasteiger partial charge in [-0.2, -0.15) is 5.26 Å². The number of nitriles is 1. The molecule has 4 rings (SSSR count). The zero-order valence-corrected chi connectivity index (χ0v) is 16.5. The molecule has 0 amide bonds. The number of carbonyl (C=O) groups is 1. The molecule has 1 fully saturated rings. The van der Waals surface area contributed by atoms with Gasteiger partial charge in [-0.3, -0.25) is 0 Å². The minimum Gasteiger partial charge on any atom is -0.465 e. The third-order valence-corrected chi connectivity index (χ3v) is 6.00. The van der Waals surface area contributed by atoms with Crippen LogP contribution in [0.15, 0.2) is 45.9 Å². The van der Waals surface area contributed by atoms with Crippen molar-refractivity contribution in [3.05, 3.63) is 47.0 Å². The first-order chi connectivity index (χ1) is 13.5. The normalized spacial score (nSPS) is 26.5. The van der Waals surface area contributed by atoms with Gasteiger partial charge in [0.25, 0.3) is 0 Å². The number of hydrogen-bond acceptors (Lipinski definition) is 8. The lowest BCUT2D eigenvalue weighted by Gasteiger charge is -2.32. The summed E-state index contributed by atoms with van der Waals surface area (Å²) in [6.07, 6.45) is 1.55. The van der Waals surface area contributed by atoms with Crippen LogP contribution in [-0.2, 0) is 9.47 Å². The average molecular weight is 396 g/mol. The molecule has 144 valence electrons. The van der Waals surface area contributed by atoms with Gasteiger partial charge in [0.15, 0.2) is 6.17 Å². The summed E-state index contributed by atoms with van der Waals surface area (Å²) >= 11 is 1.46. The molecule has 0 N–H and O–H groups in total. The summed E-state index contributed by atoms with van der Waals surface area (Å²) in [5.74, 6) is 0.488. The minimum atomic E-state index is -0.648. The van der Waals surface area contributed by atoms with Crippen LogP contribution in [0.5, 0.6) is 0 Å². The number of nitrogens with zero attached hydrogens (tertiary/aromatic N) is 4. The number of rotatable bonds is 2. The number of benzene rings is 1. The summed E-state index contributed by atoms with van der Waals surface area (Å²) in [7, 11) is 1.36. The van der Waals surface area contributed by atoms with E-state index in [9.17, 15) is 10.1 Å². The third-order valence-electron chi connectivity index (χ3n) is 4.85. The second-order valence-electron chi connectivity index (χ2n) is 6.85. The van der Waals surface area contributed by atoms with Crippen LogP contribution in [0.25, 0.3) is 0 Å². The van der Waals surface area contributed by atoms with Gasteiger partial charge in [0.2, 0.25) is 0 Å². The maximum absolute atomic E-state index is 11.7. The standard InChI is InChI=1S/C20H20N4O3S/c1-20(12-21)11-15-17(24-7-9-27-10-8-24)22-16(23-18(15)28-20)13-3-5-14(6-4-13)19(25)26-2/h3-6,11,16H,7-10H2,1-2H3. The highest BCUT2D eigenvalue weighted by molar-refractivity contribution is 8.16. The van der Waals surface area contributed by atoms with Crippen LogP contribution < -0.4 is 0 Å². The number of aliphatic imine (C=N–C) groups is 2. The van der Waals surface area contributed by atoms with Gasteiger partial charge in [0, 0.05) is 18.7 Å². The maximum Gasteiger partial charge on any atom is 0.337 e. The summed E-state index contributed by atoms with van der Waals surface area (Å²) in [4.78, 5) is 23.6. The van der Waals surface area contributed by atoms with Gasteiger partial charge in [-0.25, -0.2) is 14.8 Å². The maximum atomic E-state index is 11.7. The molecule has 8 heteroatoms. The van der Waals surface area contributed by atoms with E-state index in [1.54, 1.807) is 12.1 Å². The van der Waals surface area contributed by atoms with Crippen molar-refractivity contribution in [3.63, 3.8) is 0 Å². The Kier molecular flexibility index (Phi) is 4.96. The molecule has 7 nitrogen and oxygen atoms in total. The van der Waals surface area contributed by atoms with Crippen molar-refractivity contribution >= 4 is 28.6 Å². The fraction of sp³-hybridized carbons (Fsp3) is 0.400. The van der Waals surface area contributed by atoms with Gasteiger partial charge < -0.3 is 14.4 Å². The zero-order chi connectivity index (χ0) is 19.7. The van der Waals surface area contributed by atoms with Crippen molar-refractivity contribution in [2.45, 2.75) is 17.8 Å². The molecule has 1 aromatic rings. The minimum absolute atomic E-state index is 0.375. The summed E-state index contributed by atoms with van der Waals surface area (Å²) in [5, 5.41) is 10.4. The van der Waals surface area contributed by atoms with Crippen LogP contribution >= 0.6 is 11.8 Å². The number of esters is 1. The van der Waals surface area contributed by atoms with E-state index in [0.29, 0.717) is 18.8 Å². The lowest BCUT2D eigenvalue weighted by molar-refractivity contribution is 0.0600. The molecule has 28 heavy (non-hydrogen) atoms. The topological polar surface area (TPSA) is 87.3 Å². The van der Waals surface area contributed by atoms with Crippen LogP contribution in [0, 0.1) is 11.3 Å². The van der Waals surface area contributed by atoms with E-state index in [-0.39, 0.29) is 5.97 Å². The van der Waals surface area contributed by atoms with Gasteiger partial charge in [0.1, 0.15) is 15.6 Å². The Morgan fingerprint density at radius 3 is 2.68 bits per heavy atom. The Balaban J connectivity index is 1.70. The highest BCUT2D eigenvalue weighted by atomic mass is 32.2. The first-order valence-electron chi connectivity index (χ1n) is 9.03. The number of carbonyl (C=O) groups excluding carboxylic acids is 1. The summed E-state index contributed by atoms with van der Waals surface area (Å²) in [6.45, 7) is 4.71.